The van der Waals surface area contributed by atoms with E-state index in [0.717, 1.165) is 0 Å². The zero-order valence-electron chi connectivity index (χ0n) is 15.2. The van der Waals surface area contributed by atoms with E-state index in [4.69, 9.17) is 14.2 Å². The van der Waals surface area contributed by atoms with Crippen LogP contribution >= 0.6 is 0 Å². The third-order valence-electron chi connectivity index (χ3n) is 3.99. The molecule has 0 fully saturated rings. The average molecular weight is 330 g/mol. The van der Waals surface area contributed by atoms with Gasteiger partial charge in [0, 0.05) is 33.1 Å². The highest BCUT2D eigenvalue weighted by atomic mass is 16.5. The first kappa shape index (κ1) is 18.6. The second kappa shape index (κ2) is 9.52. The fourth-order valence-electron chi connectivity index (χ4n) is 2.56. The smallest absolute Gasteiger partial charge is 0.253 e. The Balaban J connectivity index is 1.93. The molecular formula is C20H28NO3+. The fourth-order valence-corrected chi connectivity index (χ4v) is 2.56. The molecular weight excluding hydrogens is 302 g/mol. The van der Waals surface area contributed by atoms with Gasteiger partial charge in [-0.2, -0.15) is 4.57 Å². The fraction of sp³-hybridized carbons (Fsp3) is 0.450. The molecule has 0 N–H and O–H groups in total. The number of hydrogen-bond acceptors (Lipinski definition) is 3. The molecule has 0 saturated heterocycles. The lowest BCUT2D eigenvalue weighted by molar-refractivity contribution is -0.743. The van der Waals surface area contributed by atoms with Crippen LogP contribution in [0.25, 0.3) is 11.1 Å². The van der Waals surface area contributed by atoms with Gasteiger partial charge in [0.2, 0.25) is 0 Å². The normalized spacial score (nSPS) is 11.0. The van der Waals surface area contributed by atoms with E-state index >= 15 is 0 Å². The van der Waals surface area contributed by atoms with Crippen molar-refractivity contribution in [3.63, 3.8) is 0 Å². The van der Waals surface area contributed by atoms with Crippen LogP contribution in [0.4, 0.5) is 0 Å². The van der Waals surface area contributed by atoms with Gasteiger partial charge >= 0.3 is 0 Å². The Morgan fingerprint density at radius 3 is 1.96 bits per heavy atom. The largest absolute Gasteiger partial charge is 0.382 e. The lowest BCUT2D eigenvalue weighted by Gasteiger charge is -2.09. The molecule has 0 radical (unpaired) electrons. The van der Waals surface area contributed by atoms with Crippen molar-refractivity contribution >= 4 is 0 Å². The summed E-state index contributed by atoms with van der Waals surface area (Å²) in [6.07, 6.45) is 0. The predicted octanol–water partition coefficient (Wildman–Crippen LogP) is 3.20. The number of aryl methyl sites for hydroxylation is 3. The molecule has 1 aromatic heterocycles. The Hall–Kier alpha value is -1.75. The quantitative estimate of drug-likeness (QED) is 0.523. The number of methoxy groups -OCH3 is 1. The van der Waals surface area contributed by atoms with E-state index in [2.05, 4.69) is 61.7 Å². The number of aromatic nitrogens is 1. The number of hydrogen-bond donors (Lipinski definition) is 0. The van der Waals surface area contributed by atoms with Crippen molar-refractivity contribution in [2.24, 2.45) is 0 Å². The minimum Gasteiger partial charge on any atom is -0.382 e. The van der Waals surface area contributed by atoms with Crippen LogP contribution in [0.5, 0.6) is 0 Å². The first-order valence-electron chi connectivity index (χ1n) is 8.34. The Kier molecular flexibility index (Phi) is 7.37. The lowest BCUT2D eigenvalue weighted by atomic mass is 10.0. The van der Waals surface area contributed by atoms with Gasteiger partial charge in [0.1, 0.15) is 0 Å². The molecule has 1 heterocycles. The van der Waals surface area contributed by atoms with Gasteiger partial charge in [0.25, 0.3) is 6.73 Å². The Morgan fingerprint density at radius 1 is 0.750 bits per heavy atom. The SMILES string of the molecule is COCCOCCOC[n+]1c(C)cc(-c2ccc(C)cc2)cc1C. The van der Waals surface area contributed by atoms with Crippen molar-refractivity contribution in [1.82, 2.24) is 0 Å². The number of pyridine rings is 1. The molecule has 24 heavy (non-hydrogen) atoms. The molecule has 2 rings (SSSR count). The Morgan fingerprint density at radius 2 is 1.33 bits per heavy atom. The number of ether oxygens (including phenoxy) is 3. The monoisotopic (exact) mass is 330 g/mol. The van der Waals surface area contributed by atoms with E-state index in [9.17, 15) is 0 Å². The van der Waals surface area contributed by atoms with Gasteiger partial charge in [-0.15, -0.1) is 0 Å². The molecule has 0 bridgehead atoms. The molecule has 4 heteroatoms. The van der Waals surface area contributed by atoms with E-state index < -0.39 is 0 Å². The molecule has 2 aromatic rings. The zero-order chi connectivity index (χ0) is 17.4. The van der Waals surface area contributed by atoms with Crippen molar-refractivity contribution < 1.29 is 18.8 Å². The van der Waals surface area contributed by atoms with E-state index in [1.807, 2.05) is 0 Å². The van der Waals surface area contributed by atoms with Crippen LogP contribution in [0.1, 0.15) is 17.0 Å². The number of nitrogens with zero attached hydrogens (tertiary/aromatic N) is 1. The average Bonchev–Trinajstić information content (AvgIpc) is 2.56. The van der Waals surface area contributed by atoms with Crippen LogP contribution in [0, 0.1) is 20.8 Å². The van der Waals surface area contributed by atoms with Gasteiger partial charge in [-0.3, -0.25) is 0 Å². The third-order valence-corrected chi connectivity index (χ3v) is 3.99. The summed E-state index contributed by atoms with van der Waals surface area (Å²) in [5.41, 5.74) is 6.13. The number of rotatable bonds is 9. The zero-order valence-corrected chi connectivity index (χ0v) is 15.2. The van der Waals surface area contributed by atoms with E-state index in [0.29, 0.717) is 33.2 Å². The van der Waals surface area contributed by atoms with Crippen molar-refractivity contribution in [2.75, 3.05) is 33.5 Å². The standard InChI is InChI=1S/C20H28NO3/c1-16-5-7-19(8-6-16)20-13-17(2)21(18(3)14-20)15-24-12-11-23-10-9-22-4/h5-8,13-14H,9-12,15H2,1-4H3/q+1. The molecule has 0 aliphatic carbocycles. The molecule has 0 amide bonds. The van der Waals surface area contributed by atoms with Crippen molar-refractivity contribution in [1.29, 1.82) is 0 Å². The maximum absolute atomic E-state index is 5.72. The van der Waals surface area contributed by atoms with Crippen molar-refractivity contribution in [2.45, 2.75) is 27.5 Å². The van der Waals surface area contributed by atoms with Crippen LogP contribution < -0.4 is 4.57 Å². The molecule has 4 nitrogen and oxygen atoms in total. The minimum absolute atomic E-state index is 0.541. The summed E-state index contributed by atoms with van der Waals surface area (Å²) in [6.45, 7) is 9.27. The van der Waals surface area contributed by atoms with Gasteiger partial charge in [-0.25, -0.2) is 0 Å². The lowest BCUT2D eigenvalue weighted by Crippen LogP contribution is -2.41. The van der Waals surface area contributed by atoms with Gasteiger partial charge in [0.05, 0.1) is 26.4 Å². The number of benzene rings is 1. The minimum atomic E-state index is 0.541. The summed E-state index contributed by atoms with van der Waals surface area (Å²) in [5.74, 6) is 0. The molecule has 130 valence electrons. The summed E-state index contributed by atoms with van der Waals surface area (Å²) in [5, 5.41) is 0. The summed E-state index contributed by atoms with van der Waals surface area (Å²) in [4.78, 5) is 0. The van der Waals surface area contributed by atoms with Crippen LogP contribution in [-0.2, 0) is 20.9 Å². The Bertz CT molecular complexity index is 615. The topological polar surface area (TPSA) is 31.6 Å². The molecule has 0 unspecified atom stereocenters. The first-order valence-corrected chi connectivity index (χ1v) is 8.34. The molecule has 0 spiro atoms. The summed E-state index contributed by atoms with van der Waals surface area (Å²) in [7, 11) is 1.67. The van der Waals surface area contributed by atoms with Gasteiger partial charge < -0.3 is 14.2 Å². The highest BCUT2D eigenvalue weighted by Crippen LogP contribution is 2.20. The van der Waals surface area contributed by atoms with Crippen LogP contribution in [0.2, 0.25) is 0 Å². The Labute approximate surface area is 145 Å². The maximum atomic E-state index is 5.72. The highest BCUT2D eigenvalue weighted by Gasteiger charge is 2.13. The highest BCUT2D eigenvalue weighted by molar-refractivity contribution is 5.63. The van der Waals surface area contributed by atoms with E-state index in [1.54, 1.807) is 7.11 Å². The molecule has 0 aliphatic rings. The van der Waals surface area contributed by atoms with Crippen molar-refractivity contribution in [3.05, 3.63) is 53.3 Å². The van der Waals surface area contributed by atoms with Gasteiger partial charge in [0.15, 0.2) is 11.4 Å². The van der Waals surface area contributed by atoms with Gasteiger partial charge in [-0.1, -0.05) is 29.8 Å². The molecule has 0 saturated carbocycles. The second-order valence-electron chi connectivity index (χ2n) is 5.96. The second-order valence-corrected chi connectivity index (χ2v) is 5.96. The van der Waals surface area contributed by atoms with E-state index in [-0.39, 0.29) is 0 Å². The van der Waals surface area contributed by atoms with Crippen molar-refractivity contribution in [3.8, 4) is 11.1 Å². The van der Waals surface area contributed by atoms with Crippen LogP contribution in [-0.4, -0.2) is 33.5 Å². The summed E-state index contributed by atoms with van der Waals surface area (Å²) in [6, 6.07) is 13.0. The van der Waals surface area contributed by atoms with Gasteiger partial charge in [-0.05, 0) is 18.1 Å². The molecule has 0 atom stereocenters. The summed E-state index contributed by atoms with van der Waals surface area (Å²) >= 11 is 0. The van der Waals surface area contributed by atoms with E-state index in [1.165, 1.54) is 28.1 Å². The third kappa shape index (κ3) is 5.41. The molecule has 0 aliphatic heterocycles. The maximum Gasteiger partial charge on any atom is 0.253 e. The first-order chi connectivity index (χ1) is 11.6. The summed E-state index contributed by atoms with van der Waals surface area (Å²) < 4.78 is 18.2. The van der Waals surface area contributed by atoms with Crippen LogP contribution in [0.15, 0.2) is 36.4 Å². The molecule has 1 aromatic carbocycles. The van der Waals surface area contributed by atoms with Crippen LogP contribution in [0.3, 0.4) is 0 Å². The predicted molar refractivity (Wildman–Crippen MR) is 94.9 cm³/mol.